The predicted molar refractivity (Wildman–Crippen MR) is 101 cm³/mol. The third-order valence-electron chi connectivity index (χ3n) is 4.45. The maximum absolute atomic E-state index is 5.47. The number of benzene rings is 1. The summed E-state index contributed by atoms with van der Waals surface area (Å²) in [6, 6.07) is 6.57. The second-order valence-corrected chi connectivity index (χ2v) is 9.36. The van der Waals surface area contributed by atoms with Gasteiger partial charge in [-0.1, -0.05) is 0 Å². The summed E-state index contributed by atoms with van der Waals surface area (Å²) in [5.74, 6) is 0.953. The monoisotopic (exact) mass is 333 g/mol. The molecule has 1 aromatic carbocycles. The average Bonchev–Trinajstić information content (AvgIpc) is 3.11. The largest absolute Gasteiger partial charge is 0.497 e. The number of ether oxygens (including phenoxy) is 1. The Balaban J connectivity index is 1.95. The molecule has 1 saturated heterocycles. The fourth-order valence-corrected chi connectivity index (χ4v) is 5.54. The predicted octanol–water partition coefficient (Wildman–Crippen LogP) is 3.74. The van der Waals surface area contributed by atoms with Gasteiger partial charge in [0.25, 0.3) is 0 Å². The Bertz CT molecular complexity index is 600. The molecule has 0 radical (unpaired) electrons. The van der Waals surface area contributed by atoms with Crippen LogP contribution in [0.1, 0.15) is 50.0 Å². The van der Waals surface area contributed by atoms with E-state index in [-0.39, 0.29) is 16.6 Å². The summed E-state index contributed by atoms with van der Waals surface area (Å²) in [6.07, 6.45) is 7.42. The topological polar surface area (TPSA) is 24.5 Å². The minimum Gasteiger partial charge on any atom is -0.497 e. The maximum atomic E-state index is 5.47. The molecular formula is C19H29N2OS+. The van der Waals surface area contributed by atoms with Gasteiger partial charge in [-0.3, -0.25) is 0 Å². The summed E-state index contributed by atoms with van der Waals surface area (Å²) in [4.78, 5) is 2.55. The molecule has 23 heavy (non-hydrogen) atoms. The van der Waals surface area contributed by atoms with Crippen LogP contribution in [0.5, 0.6) is 5.75 Å². The van der Waals surface area contributed by atoms with Gasteiger partial charge in [-0.25, -0.2) is 0 Å². The zero-order valence-electron chi connectivity index (χ0n) is 15.0. The molecule has 0 amide bonds. The van der Waals surface area contributed by atoms with Gasteiger partial charge in [-0.05, 0) is 57.9 Å². The van der Waals surface area contributed by atoms with E-state index < -0.39 is 0 Å². The highest BCUT2D eigenvalue weighted by atomic mass is 32.2. The second-order valence-electron chi connectivity index (χ2n) is 7.53. The SMILES string of the molecule is COc1ccc2c(c1)C(N1CCCC1)=CC2[S+](C)NC(C)(C)C. The smallest absolute Gasteiger partial charge is 0.183 e. The number of nitrogens with zero attached hydrogens (tertiary/aromatic N) is 1. The lowest BCUT2D eigenvalue weighted by molar-refractivity contribution is 0.414. The van der Waals surface area contributed by atoms with Gasteiger partial charge in [0.05, 0.1) is 23.7 Å². The van der Waals surface area contributed by atoms with Crippen molar-refractivity contribution in [3.05, 3.63) is 35.4 Å². The summed E-state index contributed by atoms with van der Waals surface area (Å²) >= 11 is 0.101. The van der Waals surface area contributed by atoms with Crippen molar-refractivity contribution >= 4 is 16.8 Å². The van der Waals surface area contributed by atoms with Gasteiger partial charge in [0.15, 0.2) is 5.25 Å². The van der Waals surface area contributed by atoms with Crippen LogP contribution in [0.15, 0.2) is 24.3 Å². The molecule has 1 heterocycles. The quantitative estimate of drug-likeness (QED) is 0.850. The Hall–Kier alpha value is -1.13. The number of methoxy groups -OCH3 is 1. The number of fused-ring (bicyclic) bond motifs is 1. The van der Waals surface area contributed by atoms with Crippen LogP contribution in [0.3, 0.4) is 0 Å². The van der Waals surface area contributed by atoms with Crippen molar-refractivity contribution in [1.82, 2.24) is 9.62 Å². The van der Waals surface area contributed by atoms with E-state index in [1.165, 1.54) is 42.8 Å². The van der Waals surface area contributed by atoms with Crippen LogP contribution < -0.4 is 9.46 Å². The molecule has 0 spiro atoms. The first-order chi connectivity index (χ1) is 10.9. The first-order valence-corrected chi connectivity index (χ1v) is 10.2. The van der Waals surface area contributed by atoms with Gasteiger partial charge in [0.1, 0.15) is 12.0 Å². The van der Waals surface area contributed by atoms with E-state index >= 15 is 0 Å². The molecule has 2 unspecified atom stereocenters. The molecule has 0 saturated carbocycles. The molecule has 4 heteroatoms. The van der Waals surface area contributed by atoms with E-state index in [1.807, 2.05) is 0 Å². The molecule has 3 rings (SSSR count). The Morgan fingerprint density at radius 2 is 1.91 bits per heavy atom. The lowest BCUT2D eigenvalue weighted by atomic mass is 10.1. The first-order valence-electron chi connectivity index (χ1n) is 8.47. The van der Waals surface area contributed by atoms with Crippen molar-refractivity contribution in [1.29, 1.82) is 0 Å². The molecule has 0 aromatic heterocycles. The molecule has 1 N–H and O–H groups in total. The fraction of sp³-hybridized carbons (Fsp3) is 0.579. The van der Waals surface area contributed by atoms with Gasteiger partial charge in [-0.2, -0.15) is 0 Å². The molecular weight excluding hydrogens is 304 g/mol. The summed E-state index contributed by atoms with van der Waals surface area (Å²) in [5, 5.41) is 0.450. The standard InChI is InChI=1S/C19H29N2OS/c1-19(2,3)20-23(5)18-13-17(21-10-6-7-11-21)16-12-14(22-4)8-9-15(16)18/h8-9,12-13,18,20H,6-7,10-11H2,1-5H3/q+1. The van der Waals surface area contributed by atoms with Crippen LogP contribution in [-0.4, -0.2) is 36.9 Å². The third kappa shape index (κ3) is 3.53. The average molecular weight is 334 g/mol. The number of hydrogen-bond acceptors (Lipinski definition) is 3. The first kappa shape index (κ1) is 16.7. The molecule has 3 nitrogen and oxygen atoms in total. The number of rotatable bonds is 4. The number of nitrogens with one attached hydrogen (secondary N) is 1. The van der Waals surface area contributed by atoms with Crippen molar-refractivity contribution in [2.75, 3.05) is 26.5 Å². The van der Waals surface area contributed by atoms with E-state index in [0.29, 0.717) is 5.25 Å². The summed E-state index contributed by atoms with van der Waals surface area (Å²) < 4.78 is 9.24. The van der Waals surface area contributed by atoms with Gasteiger partial charge in [0.2, 0.25) is 0 Å². The highest BCUT2D eigenvalue weighted by molar-refractivity contribution is 7.94. The summed E-state index contributed by atoms with van der Waals surface area (Å²) in [6.45, 7) is 9.08. The fourth-order valence-electron chi connectivity index (χ4n) is 3.53. The Morgan fingerprint density at radius 1 is 1.22 bits per heavy atom. The lowest BCUT2D eigenvalue weighted by Crippen LogP contribution is -2.41. The maximum Gasteiger partial charge on any atom is 0.183 e. The Labute approximate surface area is 143 Å². The molecule has 1 fully saturated rings. The van der Waals surface area contributed by atoms with Crippen LogP contribution in [0, 0.1) is 0 Å². The zero-order valence-corrected chi connectivity index (χ0v) is 15.8. The zero-order chi connectivity index (χ0) is 16.6. The molecule has 1 aliphatic heterocycles. The number of hydrogen-bond donors (Lipinski definition) is 1. The van der Waals surface area contributed by atoms with Crippen molar-refractivity contribution in [3.8, 4) is 5.75 Å². The van der Waals surface area contributed by atoms with E-state index in [9.17, 15) is 0 Å². The summed E-state index contributed by atoms with van der Waals surface area (Å²) in [7, 11) is 1.75. The molecule has 2 atom stereocenters. The van der Waals surface area contributed by atoms with Crippen molar-refractivity contribution in [3.63, 3.8) is 0 Å². The summed E-state index contributed by atoms with van der Waals surface area (Å²) in [5.41, 5.74) is 4.35. The van der Waals surface area contributed by atoms with Gasteiger partial charge >= 0.3 is 0 Å². The van der Waals surface area contributed by atoms with E-state index in [1.54, 1.807) is 7.11 Å². The van der Waals surface area contributed by atoms with Gasteiger partial charge < -0.3 is 9.64 Å². The third-order valence-corrected chi connectivity index (χ3v) is 6.53. The Morgan fingerprint density at radius 3 is 2.52 bits per heavy atom. The van der Waals surface area contributed by atoms with Crippen LogP contribution in [0.4, 0.5) is 0 Å². The van der Waals surface area contributed by atoms with E-state index in [0.717, 1.165) is 5.75 Å². The second kappa shape index (κ2) is 6.40. The van der Waals surface area contributed by atoms with Gasteiger partial charge in [0, 0.05) is 29.9 Å². The van der Waals surface area contributed by atoms with Crippen LogP contribution in [0.2, 0.25) is 0 Å². The Kier molecular flexibility index (Phi) is 4.65. The highest BCUT2D eigenvalue weighted by Crippen LogP contribution is 2.43. The molecule has 1 aliphatic carbocycles. The normalized spacial score (nSPS) is 22.0. The van der Waals surface area contributed by atoms with Crippen LogP contribution in [0.25, 0.3) is 5.70 Å². The van der Waals surface area contributed by atoms with E-state index in [4.69, 9.17) is 4.74 Å². The molecule has 126 valence electrons. The molecule has 1 aromatic rings. The minimum absolute atomic E-state index is 0.101. The highest BCUT2D eigenvalue weighted by Gasteiger charge is 2.38. The van der Waals surface area contributed by atoms with Gasteiger partial charge in [-0.15, -0.1) is 4.72 Å². The molecule has 0 bridgehead atoms. The van der Waals surface area contributed by atoms with Crippen LogP contribution in [-0.2, 0) is 11.1 Å². The van der Waals surface area contributed by atoms with Crippen LogP contribution >= 0.6 is 0 Å². The molecule has 2 aliphatic rings. The lowest BCUT2D eigenvalue weighted by Gasteiger charge is -2.21. The van der Waals surface area contributed by atoms with Crippen molar-refractivity contribution in [2.45, 2.75) is 44.4 Å². The number of likely N-dealkylation sites (tertiary alicyclic amines) is 1. The van der Waals surface area contributed by atoms with Crippen molar-refractivity contribution < 1.29 is 4.74 Å². The van der Waals surface area contributed by atoms with E-state index in [2.05, 4.69) is 60.9 Å². The van der Waals surface area contributed by atoms with Crippen molar-refractivity contribution in [2.24, 2.45) is 0 Å². The minimum atomic E-state index is 0.101.